The van der Waals surface area contributed by atoms with Gasteiger partial charge in [0.25, 0.3) is 0 Å². The molecule has 2 rings (SSSR count). The van der Waals surface area contributed by atoms with Gasteiger partial charge in [-0.05, 0) is 29.3 Å². The van der Waals surface area contributed by atoms with Crippen molar-refractivity contribution in [1.82, 2.24) is 0 Å². The van der Waals surface area contributed by atoms with Gasteiger partial charge < -0.3 is 5.11 Å². The Hall–Kier alpha value is -2.35. The molecule has 0 aromatic heterocycles. The van der Waals surface area contributed by atoms with E-state index in [1.807, 2.05) is 30.3 Å². The number of allylic oxidation sites excluding steroid dienone is 1. The van der Waals surface area contributed by atoms with E-state index in [1.54, 1.807) is 30.3 Å². The molecule has 0 aliphatic heterocycles. The summed E-state index contributed by atoms with van der Waals surface area (Å²) in [5.74, 6) is 0.217. The quantitative estimate of drug-likeness (QED) is 0.494. The van der Waals surface area contributed by atoms with Crippen molar-refractivity contribution in [2.75, 3.05) is 0 Å². The zero-order chi connectivity index (χ0) is 12.1. The highest BCUT2D eigenvalue weighted by Crippen LogP contribution is 2.17. The fraction of sp³-hybridized carbons (Fsp3) is 0. The summed E-state index contributed by atoms with van der Waals surface area (Å²) in [5.41, 5.74) is 2.39. The van der Waals surface area contributed by atoms with Crippen molar-refractivity contribution >= 4 is 17.9 Å². The van der Waals surface area contributed by atoms with Crippen LogP contribution >= 0.6 is 0 Å². The fourth-order valence-electron chi connectivity index (χ4n) is 1.57. The molecule has 0 heterocycles. The SMILES string of the molecule is O=C/C(=C/c1ccc(O)cc1)c1ccccc1. The first-order valence-corrected chi connectivity index (χ1v) is 5.31. The molecule has 1 N–H and O–H groups in total. The van der Waals surface area contributed by atoms with Crippen LogP contribution in [0.4, 0.5) is 0 Å². The molecular formula is C15H12O2. The van der Waals surface area contributed by atoms with Gasteiger partial charge in [-0.2, -0.15) is 0 Å². The van der Waals surface area contributed by atoms with Crippen LogP contribution in [0.1, 0.15) is 11.1 Å². The van der Waals surface area contributed by atoms with Crippen LogP contribution in [0.5, 0.6) is 5.75 Å². The molecule has 0 radical (unpaired) electrons. The van der Waals surface area contributed by atoms with E-state index in [0.29, 0.717) is 5.57 Å². The van der Waals surface area contributed by atoms with E-state index >= 15 is 0 Å². The molecule has 0 amide bonds. The maximum atomic E-state index is 11.1. The standard InChI is InChI=1S/C15H12O2/c16-11-14(13-4-2-1-3-5-13)10-12-6-8-15(17)9-7-12/h1-11,17H/b14-10-. The summed E-state index contributed by atoms with van der Waals surface area (Å²) in [7, 11) is 0. The summed E-state index contributed by atoms with van der Waals surface area (Å²) < 4.78 is 0. The van der Waals surface area contributed by atoms with Crippen molar-refractivity contribution in [3.05, 3.63) is 65.7 Å². The zero-order valence-corrected chi connectivity index (χ0v) is 9.21. The highest BCUT2D eigenvalue weighted by Gasteiger charge is 1.99. The van der Waals surface area contributed by atoms with Gasteiger partial charge in [0, 0.05) is 5.57 Å². The van der Waals surface area contributed by atoms with Gasteiger partial charge in [-0.15, -0.1) is 0 Å². The summed E-state index contributed by atoms with van der Waals surface area (Å²) in [4.78, 5) is 11.1. The molecule has 0 aliphatic rings. The smallest absolute Gasteiger partial charge is 0.150 e. The molecule has 2 nitrogen and oxygen atoms in total. The number of carbonyl (C=O) groups excluding carboxylic acids is 1. The monoisotopic (exact) mass is 224 g/mol. The van der Waals surface area contributed by atoms with Crippen LogP contribution in [-0.4, -0.2) is 11.4 Å². The third kappa shape index (κ3) is 2.82. The van der Waals surface area contributed by atoms with Crippen molar-refractivity contribution in [2.24, 2.45) is 0 Å². The van der Waals surface area contributed by atoms with Crippen LogP contribution in [-0.2, 0) is 4.79 Å². The maximum Gasteiger partial charge on any atom is 0.150 e. The minimum atomic E-state index is 0.217. The number of aldehydes is 1. The summed E-state index contributed by atoms with van der Waals surface area (Å²) in [5, 5.41) is 9.17. The third-order valence-electron chi connectivity index (χ3n) is 2.45. The number of phenolic OH excluding ortho intramolecular Hbond substituents is 1. The number of rotatable bonds is 3. The summed E-state index contributed by atoms with van der Waals surface area (Å²) in [6.07, 6.45) is 2.63. The Bertz CT molecular complexity index is 525. The van der Waals surface area contributed by atoms with Gasteiger partial charge in [-0.25, -0.2) is 0 Å². The van der Waals surface area contributed by atoms with Gasteiger partial charge in [0.2, 0.25) is 0 Å². The van der Waals surface area contributed by atoms with Crippen molar-refractivity contribution in [3.63, 3.8) is 0 Å². The Morgan fingerprint density at radius 1 is 0.941 bits per heavy atom. The number of carbonyl (C=O) groups is 1. The van der Waals surface area contributed by atoms with Crippen molar-refractivity contribution in [1.29, 1.82) is 0 Å². The summed E-state index contributed by atoms with van der Waals surface area (Å²) in [6, 6.07) is 16.2. The molecule has 0 atom stereocenters. The number of benzene rings is 2. The Labute approximate surface area is 99.8 Å². The minimum Gasteiger partial charge on any atom is -0.508 e. The number of hydrogen-bond acceptors (Lipinski definition) is 2. The van der Waals surface area contributed by atoms with Crippen LogP contribution in [0.3, 0.4) is 0 Å². The molecule has 0 saturated carbocycles. The van der Waals surface area contributed by atoms with Gasteiger partial charge in [-0.1, -0.05) is 42.5 Å². The summed E-state index contributed by atoms with van der Waals surface area (Å²) >= 11 is 0. The topological polar surface area (TPSA) is 37.3 Å². The van der Waals surface area contributed by atoms with Crippen LogP contribution in [0.2, 0.25) is 0 Å². The first-order chi connectivity index (χ1) is 8.29. The second-order valence-corrected chi connectivity index (χ2v) is 3.68. The van der Waals surface area contributed by atoms with E-state index in [2.05, 4.69) is 0 Å². The van der Waals surface area contributed by atoms with Gasteiger partial charge >= 0.3 is 0 Å². The lowest BCUT2D eigenvalue weighted by Gasteiger charge is -2.00. The number of aromatic hydroxyl groups is 1. The predicted octanol–water partition coefficient (Wildman–Crippen LogP) is 3.13. The van der Waals surface area contributed by atoms with Crippen LogP contribution in [0.15, 0.2) is 54.6 Å². The average molecular weight is 224 g/mol. The lowest BCUT2D eigenvalue weighted by molar-refractivity contribution is -0.103. The Morgan fingerprint density at radius 3 is 2.18 bits per heavy atom. The van der Waals surface area contributed by atoms with Gasteiger partial charge in [-0.3, -0.25) is 4.79 Å². The highest BCUT2D eigenvalue weighted by molar-refractivity contribution is 6.13. The molecular weight excluding hydrogens is 212 g/mol. The molecule has 2 heteroatoms. The molecule has 0 bridgehead atoms. The first kappa shape index (κ1) is 11.1. The summed E-state index contributed by atoms with van der Waals surface area (Å²) in [6.45, 7) is 0. The number of phenols is 1. The third-order valence-corrected chi connectivity index (χ3v) is 2.45. The molecule has 0 spiro atoms. The van der Waals surface area contributed by atoms with E-state index in [4.69, 9.17) is 0 Å². The number of hydrogen-bond donors (Lipinski definition) is 1. The molecule has 0 unspecified atom stereocenters. The highest BCUT2D eigenvalue weighted by atomic mass is 16.3. The molecule has 0 aliphatic carbocycles. The Kier molecular flexibility index (Phi) is 3.36. The van der Waals surface area contributed by atoms with E-state index in [-0.39, 0.29) is 5.75 Å². The predicted molar refractivity (Wildman–Crippen MR) is 68.5 cm³/mol. The van der Waals surface area contributed by atoms with E-state index in [1.165, 1.54) is 0 Å². The van der Waals surface area contributed by atoms with Gasteiger partial charge in [0.15, 0.2) is 6.29 Å². The normalized spacial score (nSPS) is 11.2. The molecule has 84 valence electrons. The molecule has 0 saturated heterocycles. The van der Waals surface area contributed by atoms with Gasteiger partial charge in [0.05, 0.1) is 0 Å². The Morgan fingerprint density at radius 2 is 1.59 bits per heavy atom. The van der Waals surface area contributed by atoms with Gasteiger partial charge in [0.1, 0.15) is 5.75 Å². The average Bonchev–Trinajstić information content (AvgIpc) is 2.39. The van der Waals surface area contributed by atoms with Crippen molar-refractivity contribution in [3.8, 4) is 5.75 Å². The van der Waals surface area contributed by atoms with E-state index in [0.717, 1.165) is 17.4 Å². The van der Waals surface area contributed by atoms with E-state index in [9.17, 15) is 9.90 Å². The first-order valence-electron chi connectivity index (χ1n) is 5.31. The second kappa shape index (κ2) is 5.12. The van der Waals surface area contributed by atoms with Crippen molar-refractivity contribution in [2.45, 2.75) is 0 Å². The lowest BCUT2D eigenvalue weighted by atomic mass is 10.0. The minimum absolute atomic E-state index is 0.217. The maximum absolute atomic E-state index is 11.1. The Balaban J connectivity index is 2.36. The molecule has 2 aromatic carbocycles. The van der Waals surface area contributed by atoms with Crippen LogP contribution < -0.4 is 0 Å². The fourth-order valence-corrected chi connectivity index (χ4v) is 1.57. The molecule has 0 fully saturated rings. The van der Waals surface area contributed by atoms with E-state index < -0.39 is 0 Å². The van der Waals surface area contributed by atoms with Crippen molar-refractivity contribution < 1.29 is 9.90 Å². The lowest BCUT2D eigenvalue weighted by Crippen LogP contribution is -1.85. The van der Waals surface area contributed by atoms with Crippen LogP contribution in [0, 0.1) is 0 Å². The molecule has 17 heavy (non-hydrogen) atoms. The second-order valence-electron chi connectivity index (χ2n) is 3.68. The van der Waals surface area contributed by atoms with Crippen LogP contribution in [0.25, 0.3) is 11.6 Å². The molecule has 2 aromatic rings. The zero-order valence-electron chi connectivity index (χ0n) is 9.21. The largest absolute Gasteiger partial charge is 0.508 e.